The summed E-state index contributed by atoms with van der Waals surface area (Å²) >= 11 is 0. The molecule has 5 heteroatoms. The third-order valence-electron chi connectivity index (χ3n) is 2.54. The monoisotopic (exact) mass is 262 g/mol. The van der Waals surface area contributed by atoms with E-state index in [0.29, 0.717) is 23.6 Å². The molecule has 0 bridgehead atoms. The predicted octanol–water partition coefficient (Wildman–Crippen LogP) is 2.32. The molecule has 1 rings (SSSR count). The zero-order valence-corrected chi connectivity index (χ0v) is 11.2. The number of nitriles is 1. The summed E-state index contributed by atoms with van der Waals surface area (Å²) in [6, 6.07) is 7.16. The maximum absolute atomic E-state index is 11.5. The number of nitrogens with zero attached hydrogens (tertiary/aromatic N) is 1. The van der Waals surface area contributed by atoms with E-state index in [9.17, 15) is 4.79 Å². The van der Waals surface area contributed by atoms with Gasteiger partial charge in [-0.25, -0.2) is 0 Å². The normalized spacial score (nSPS) is 9.53. The van der Waals surface area contributed by atoms with Crippen LogP contribution in [-0.4, -0.2) is 26.2 Å². The molecule has 0 amide bonds. The number of esters is 1. The molecule has 0 aliphatic heterocycles. The zero-order valence-electron chi connectivity index (χ0n) is 11.2. The van der Waals surface area contributed by atoms with Crippen molar-refractivity contribution < 1.29 is 14.3 Å². The average molecular weight is 262 g/mol. The second-order valence-electron chi connectivity index (χ2n) is 3.92. The smallest absolute Gasteiger partial charge is 0.325 e. The first kappa shape index (κ1) is 14.8. The van der Waals surface area contributed by atoms with Crippen LogP contribution in [0.5, 0.6) is 5.75 Å². The van der Waals surface area contributed by atoms with E-state index in [2.05, 4.69) is 11.4 Å². The Balaban J connectivity index is 2.62. The molecule has 0 saturated carbocycles. The lowest BCUT2D eigenvalue weighted by molar-refractivity contribution is -0.141. The molecule has 5 nitrogen and oxygen atoms in total. The number of hydrogen-bond donors (Lipinski definition) is 1. The van der Waals surface area contributed by atoms with Gasteiger partial charge in [0.1, 0.15) is 18.4 Å². The Labute approximate surface area is 113 Å². The molecular formula is C14H18N2O3. The van der Waals surface area contributed by atoms with Crippen LogP contribution in [0.2, 0.25) is 0 Å². The number of carbonyl (C=O) groups excluding carboxylic acids is 1. The van der Waals surface area contributed by atoms with Gasteiger partial charge in [-0.1, -0.05) is 19.4 Å². The van der Waals surface area contributed by atoms with Crippen LogP contribution in [0.25, 0.3) is 0 Å². The van der Waals surface area contributed by atoms with Gasteiger partial charge in [-0.05, 0) is 18.6 Å². The van der Waals surface area contributed by atoms with Crippen LogP contribution in [0.4, 0.5) is 5.69 Å². The minimum atomic E-state index is -0.344. The Bertz CT molecular complexity index is 466. The van der Waals surface area contributed by atoms with Crippen LogP contribution in [-0.2, 0) is 9.53 Å². The van der Waals surface area contributed by atoms with Crippen LogP contribution in [0.3, 0.4) is 0 Å². The third-order valence-corrected chi connectivity index (χ3v) is 2.54. The fourth-order valence-corrected chi connectivity index (χ4v) is 1.52. The highest BCUT2D eigenvalue weighted by Crippen LogP contribution is 2.27. The lowest BCUT2D eigenvalue weighted by Crippen LogP contribution is -2.18. The molecule has 1 aromatic rings. The van der Waals surface area contributed by atoms with Gasteiger partial charge >= 0.3 is 5.97 Å². The number of anilines is 1. The highest BCUT2D eigenvalue weighted by Gasteiger charge is 2.10. The summed E-state index contributed by atoms with van der Waals surface area (Å²) in [6.45, 7) is 2.47. The summed E-state index contributed by atoms with van der Waals surface area (Å²) in [5, 5.41) is 11.9. The van der Waals surface area contributed by atoms with E-state index in [0.717, 1.165) is 12.8 Å². The number of carbonyl (C=O) groups is 1. The van der Waals surface area contributed by atoms with E-state index < -0.39 is 0 Å². The van der Waals surface area contributed by atoms with Crippen LogP contribution < -0.4 is 10.1 Å². The van der Waals surface area contributed by atoms with E-state index in [4.69, 9.17) is 14.7 Å². The summed E-state index contributed by atoms with van der Waals surface area (Å²) in [5.41, 5.74) is 0.945. The Morgan fingerprint density at radius 1 is 1.47 bits per heavy atom. The quantitative estimate of drug-likeness (QED) is 0.603. The van der Waals surface area contributed by atoms with Gasteiger partial charge in [-0.2, -0.15) is 5.26 Å². The number of hydrogen-bond acceptors (Lipinski definition) is 5. The number of nitrogens with one attached hydrogen (secondary N) is 1. The highest BCUT2D eigenvalue weighted by molar-refractivity contribution is 5.77. The summed E-state index contributed by atoms with van der Waals surface area (Å²) in [6.07, 6.45) is 1.83. The molecular weight excluding hydrogens is 244 g/mol. The van der Waals surface area contributed by atoms with E-state index in [-0.39, 0.29) is 12.5 Å². The van der Waals surface area contributed by atoms with Crippen molar-refractivity contribution in [2.24, 2.45) is 0 Å². The summed E-state index contributed by atoms with van der Waals surface area (Å²) in [4.78, 5) is 11.5. The topological polar surface area (TPSA) is 71.3 Å². The fourth-order valence-electron chi connectivity index (χ4n) is 1.52. The Morgan fingerprint density at radius 2 is 2.26 bits per heavy atom. The second-order valence-corrected chi connectivity index (χ2v) is 3.92. The number of unbranched alkanes of at least 4 members (excludes halogenated alkanes) is 1. The number of benzene rings is 1. The van der Waals surface area contributed by atoms with Gasteiger partial charge in [0, 0.05) is 0 Å². The molecule has 0 unspecified atom stereocenters. The molecule has 19 heavy (non-hydrogen) atoms. The Hall–Kier alpha value is -2.22. The summed E-state index contributed by atoms with van der Waals surface area (Å²) in [5.74, 6) is 0.184. The van der Waals surface area contributed by atoms with E-state index in [1.165, 1.54) is 7.11 Å². The van der Waals surface area contributed by atoms with Crippen LogP contribution >= 0.6 is 0 Å². The Morgan fingerprint density at radius 3 is 2.89 bits per heavy atom. The van der Waals surface area contributed by atoms with Gasteiger partial charge < -0.3 is 14.8 Å². The molecule has 0 aromatic heterocycles. The standard InChI is InChI=1S/C14H18N2O3/c1-3-4-8-19-13(17)10-16-14-11(9-15)6-5-7-12(14)18-2/h5-7,16H,3-4,8,10H2,1-2H3. The fraction of sp³-hybridized carbons (Fsp3) is 0.429. The number of ether oxygens (including phenoxy) is 2. The van der Waals surface area contributed by atoms with E-state index in [1.807, 2.05) is 6.92 Å². The molecule has 1 aromatic carbocycles. The molecule has 0 aliphatic rings. The minimum Gasteiger partial charge on any atom is -0.495 e. The first-order valence-corrected chi connectivity index (χ1v) is 6.19. The maximum Gasteiger partial charge on any atom is 0.325 e. The van der Waals surface area contributed by atoms with Crippen molar-refractivity contribution in [1.82, 2.24) is 0 Å². The van der Waals surface area contributed by atoms with Gasteiger partial charge in [0.05, 0.1) is 25.0 Å². The van der Waals surface area contributed by atoms with Gasteiger partial charge in [0.2, 0.25) is 0 Å². The lowest BCUT2D eigenvalue weighted by Gasteiger charge is -2.12. The van der Waals surface area contributed by atoms with Crippen molar-refractivity contribution in [2.75, 3.05) is 25.6 Å². The van der Waals surface area contributed by atoms with Gasteiger partial charge in [0.25, 0.3) is 0 Å². The van der Waals surface area contributed by atoms with Crippen molar-refractivity contribution in [3.8, 4) is 11.8 Å². The first-order valence-electron chi connectivity index (χ1n) is 6.19. The molecule has 1 N–H and O–H groups in total. The first-order chi connectivity index (χ1) is 9.22. The van der Waals surface area contributed by atoms with Gasteiger partial charge in [-0.15, -0.1) is 0 Å². The van der Waals surface area contributed by atoms with Crippen molar-refractivity contribution in [3.05, 3.63) is 23.8 Å². The molecule has 0 atom stereocenters. The lowest BCUT2D eigenvalue weighted by atomic mass is 10.2. The largest absolute Gasteiger partial charge is 0.495 e. The molecule has 0 heterocycles. The van der Waals surface area contributed by atoms with Crippen LogP contribution in [0, 0.1) is 11.3 Å². The SMILES string of the molecule is CCCCOC(=O)CNc1c(C#N)cccc1OC. The van der Waals surface area contributed by atoms with Crippen LogP contribution in [0.15, 0.2) is 18.2 Å². The number of methoxy groups -OCH3 is 1. The molecule has 0 saturated heterocycles. The predicted molar refractivity (Wildman–Crippen MR) is 72.1 cm³/mol. The summed E-state index contributed by atoms with van der Waals surface area (Å²) < 4.78 is 10.2. The van der Waals surface area contributed by atoms with Gasteiger partial charge in [-0.3, -0.25) is 4.79 Å². The van der Waals surface area contributed by atoms with Crippen molar-refractivity contribution in [1.29, 1.82) is 5.26 Å². The van der Waals surface area contributed by atoms with Crippen molar-refractivity contribution in [3.63, 3.8) is 0 Å². The average Bonchev–Trinajstić information content (AvgIpc) is 2.44. The highest BCUT2D eigenvalue weighted by atomic mass is 16.5. The molecule has 0 radical (unpaired) electrons. The van der Waals surface area contributed by atoms with Crippen LogP contribution in [0.1, 0.15) is 25.3 Å². The summed E-state index contributed by atoms with van der Waals surface area (Å²) in [7, 11) is 1.52. The zero-order chi connectivity index (χ0) is 14.1. The minimum absolute atomic E-state index is 0.0127. The molecule has 0 spiro atoms. The Kier molecular flexibility index (Phi) is 6.23. The van der Waals surface area contributed by atoms with Crippen molar-refractivity contribution >= 4 is 11.7 Å². The van der Waals surface area contributed by atoms with E-state index in [1.54, 1.807) is 18.2 Å². The van der Waals surface area contributed by atoms with Gasteiger partial charge in [0.15, 0.2) is 0 Å². The second kappa shape index (κ2) is 7.98. The molecule has 102 valence electrons. The maximum atomic E-state index is 11.5. The van der Waals surface area contributed by atoms with E-state index >= 15 is 0 Å². The molecule has 0 aliphatic carbocycles. The number of rotatable bonds is 7. The molecule has 0 fully saturated rings. The van der Waals surface area contributed by atoms with Crippen molar-refractivity contribution in [2.45, 2.75) is 19.8 Å². The number of para-hydroxylation sites is 1. The third kappa shape index (κ3) is 4.51.